The predicted octanol–water partition coefficient (Wildman–Crippen LogP) is 2.04. The molecule has 0 bridgehead atoms. The minimum atomic E-state index is 0.0558. The smallest absolute Gasteiger partial charge is 0.266 e. The third-order valence-corrected chi connectivity index (χ3v) is 5.28. The average Bonchev–Trinajstić information content (AvgIpc) is 2.84. The van der Waals surface area contributed by atoms with Crippen LogP contribution in [0.2, 0.25) is 0 Å². The highest BCUT2D eigenvalue weighted by Crippen LogP contribution is 2.34. The zero-order chi connectivity index (χ0) is 15.0. The number of aromatic nitrogens is 1. The average molecular weight is 304 g/mol. The van der Waals surface area contributed by atoms with Crippen LogP contribution in [0, 0.1) is 0 Å². The normalized spacial score (nSPS) is 19.4. The number of nitrogen functional groups attached to an aromatic ring is 1. The topological polar surface area (TPSA) is 62.5 Å². The second kappa shape index (κ2) is 5.61. The molecule has 0 aromatic carbocycles. The van der Waals surface area contributed by atoms with Crippen LogP contribution in [0.15, 0.2) is 18.5 Å². The summed E-state index contributed by atoms with van der Waals surface area (Å²) in [5, 5.41) is 0.930. The third kappa shape index (κ3) is 2.61. The summed E-state index contributed by atoms with van der Waals surface area (Å²) in [6, 6.07) is 2.30. The number of pyridine rings is 1. The van der Waals surface area contributed by atoms with E-state index >= 15 is 0 Å². The highest BCUT2D eigenvalue weighted by atomic mass is 32.1. The van der Waals surface area contributed by atoms with E-state index in [0.717, 1.165) is 36.0 Å². The summed E-state index contributed by atoms with van der Waals surface area (Å²) in [6.45, 7) is 1.59. The van der Waals surface area contributed by atoms with Crippen LogP contribution in [0.25, 0.3) is 10.1 Å². The Labute approximate surface area is 128 Å². The van der Waals surface area contributed by atoms with Gasteiger partial charge in [0.25, 0.3) is 5.91 Å². The minimum absolute atomic E-state index is 0.0558. The van der Waals surface area contributed by atoms with Crippen molar-refractivity contribution in [2.24, 2.45) is 0 Å². The molecule has 1 unspecified atom stereocenters. The summed E-state index contributed by atoms with van der Waals surface area (Å²) in [7, 11) is 4.14. The number of piperidine rings is 1. The molecule has 0 aliphatic carbocycles. The van der Waals surface area contributed by atoms with Crippen LogP contribution in [0.5, 0.6) is 0 Å². The molecule has 3 heterocycles. The number of likely N-dealkylation sites (tertiary alicyclic amines) is 1. The van der Waals surface area contributed by atoms with Gasteiger partial charge >= 0.3 is 0 Å². The van der Waals surface area contributed by atoms with Gasteiger partial charge in [-0.25, -0.2) is 0 Å². The number of nitrogens with zero attached hydrogens (tertiary/aromatic N) is 3. The fourth-order valence-corrected chi connectivity index (χ4v) is 3.89. The molecule has 1 amide bonds. The van der Waals surface area contributed by atoms with Gasteiger partial charge in [-0.1, -0.05) is 0 Å². The first kappa shape index (κ1) is 14.3. The van der Waals surface area contributed by atoms with Gasteiger partial charge in [0.2, 0.25) is 0 Å². The highest BCUT2D eigenvalue weighted by Gasteiger charge is 2.28. The van der Waals surface area contributed by atoms with Crippen molar-refractivity contribution in [1.29, 1.82) is 0 Å². The van der Waals surface area contributed by atoms with Crippen molar-refractivity contribution in [2.45, 2.75) is 18.9 Å². The molecule has 1 saturated heterocycles. The lowest BCUT2D eigenvalue weighted by Crippen LogP contribution is -2.47. The summed E-state index contributed by atoms with van der Waals surface area (Å²) < 4.78 is 0.972. The van der Waals surface area contributed by atoms with E-state index in [-0.39, 0.29) is 5.91 Å². The molecule has 21 heavy (non-hydrogen) atoms. The number of fused-ring (bicyclic) bond motifs is 1. The second-order valence-corrected chi connectivity index (χ2v) is 6.78. The molecule has 0 spiro atoms. The largest absolute Gasteiger partial charge is 0.397 e. The van der Waals surface area contributed by atoms with E-state index < -0.39 is 0 Å². The van der Waals surface area contributed by atoms with Crippen molar-refractivity contribution in [3.8, 4) is 0 Å². The zero-order valence-electron chi connectivity index (χ0n) is 12.4. The van der Waals surface area contributed by atoms with Gasteiger partial charge in [0, 0.05) is 36.9 Å². The number of rotatable bonds is 2. The number of nitrogens with two attached hydrogens (primary N) is 1. The first-order valence-corrected chi connectivity index (χ1v) is 7.97. The van der Waals surface area contributed by atoms with E-state index in [1.165, 1.54) is 11.3 Å². The Bertz CT molecular complexity index is 667. The number of amides is 1. The van der Waals surface area contributed by atoms with Gasteiger partial charge in [-0.3, -0.25) is 9.78 Å². The van der Waals surface area contributed by atoms with Crippen LogP contribution in [0.4, 0.5) is 5.69 Å². The van der Waals surface area contributed by atoms with E-state index in [9.17, 15) is 4.79 Å². The monoisotopic (exact) mass is 304 g/mol. The quantitative estimate of drug-likeness (QED) is 0.922. The Morgan fingerprint density at radius 1 is 1.52 bits per heavy atom. The standard InChI is InChI=1S/C15H20N4OS/c1-18(2)10-4-3-7-19(9-10)15(20)14-13(16)11-5-6-17-8-12(11)21-14/h5-6,8,10H,3-4,7,9,16H2,1-2H3. The molecule has 6 heteroatoms. The van der Waals surface area contributed by atoms with Crippen molar-refractivity contribution in [3.63, 3.8) is 0 Å². The molecule has 1 fully saturated rings. The Balaban J connectivity index is 1.88. The second-order valence-electron chi connectivity index (χ2n) is 5.73. The number of carbonyl (C=O) groups excluding carboxylic acids is 1. The molecule has 2 N–H and O–H groups in total. The lowest BCUT2D eigenvalue weighted by atomic mass is 10.0. The maximum absolute atomic E-state index is 12.8. The molecule has 2 aromatic rings. The SMILES string of the molecule is CN(C)C1CCCN(C(=O)c2sc3cnccc3c2N)C1. The first-order valence-electron chi connectivity index (χ1n) is 7.15. The van der Waals surface area contributed by atoms with E-state index in [0.29, 0.717) is 16.6 Å². The van der Waals surface area contributed by atoms with Gasteiger partial charge in [-0.05, 0) is 33.0 Å². The maximum atomic E-state index is 12.8. The van der Waals surface area contributed by atoms with Crippen LogP contribution in [0.1, 0.15) is 22.5 Å². The summed E-state index contributed by atoms with van der Waals surface area (Å²) in [4.78, 5) is 21.6. The fourth-order valence-electron chi connectivity index (χ4n) is 2.83. The number of likely N-dealkylation sites (N-methyl/N-ethyl adjacent to an activating group) is 1. The summed E-state index contributed by atoms with van der Waals surface area (Å²) in [5.41, 5.74) is 6.76. The number of carbonyl (C=O) groups is 1. The highest BCUT2D eigenvalue weighted by molar-refractivity contribution is 7.21. The van der Waals surface area contributed by atoms with Crippen molar-refractivity contribution < 1.29 is 4.79 Å². The molecule has 0 saturated carbocycles. The number of anilines is 1. The summed E-state index contributed by atoms with van der Waals surface area (Å²) in [6.07, 6.45) is 5.66. The van der Waals surface area contributed by atoms with E-state index in [1.807, 2.05) is 11.0 Å². The molecule has 1 aliphatic heterocycles. The van der Waals surface area contributed by atoms with Gasteiger partial charge in [0.05, 0.1) is 10.4 Å². The Morgan fingerprint density at radius 3 is 3.05 bits per heavy atom. The van der Waals surface area contributed by atoms with Gasteiger partial charge in [0.15, 0.2) is 0 Å². The van der Waals surface area contributed by atoms with Crippen molar-refractivity contribution in [1.82, 2.24) is 14.8 Å². The molecule has 3 rings (SSSR count). The Hall–Kier alpha value is -1.66. The Kier molecular flexibility index (Phi) is 3.82. The van der Waals surface area contributed by atoms with Gasteiger partial charge in [0.1, 0.15) is 4.88 Å². The van der Waals surface area contributed by atoms with Crippen LogP contribution < -0.4 is 5.73 Å². The van der Waals surface area contributed by atoms with Gasteiger partial charge in [-0.2, -0.15) is 0 Å². The van der Waals surface area contributed by atoms with E-state index in [4.69, 9.17) is 5.73 Å². The van der Waals surface area contributed by atoms with Crippen molar-refractivity contribution in [3.05, 3.63) is 23.3 Å². The maximum Gasteiger partial charge on any atom is 0.266 e. The molecule has 5 nitrogen and oxygen atoms in total. The fraction of sp³-hybridized carbons (Fsp3) is 0.467. The molecule has 112 valence electrons. The van der Waals surface area contributed by atoms with E-state index in [2.05, 4.69) is 24.0 Å². The number of thiophene rings is 1. The van der Waals surface area contributed by atoms with Crippen molar-refractivity contribution >= 4 is 33.0 Å². The van der Waals surface area contributed by atoms with Crippen LogP contribution >= 0.6 is 11.3 Å². The minimum Gasteiger partial charge on any atom is -0.397 e. The molecule has 2 aromatic heterocycles. The number of hydrogen-bond donors (Lipinski definition) is 1. The summed E-state index contributed by atoms with van der Waals surface area (Å²) in [5.74, 6) is 0.0558. The molecule has 1 atom stereocenters. The van der Waals surface area contributed by atoms with Crippen LogP contribution in [-0.4, -0.2) is 53.9 Å². The Morgan fingerprint density at radius 2 is 2.33 bits per heavy atom. The van der Waals surface area contributed by atoms with E-state index in [1.54, 1.807) is 12.4 Å². The zero-order valence-corrected chi connectivity index (χ0v) is 13.2. The van der Waals surface area contributed by atoms with Gasteiger partial charge < -0.3 is 15.5 Å². The lowest BCUT2D eigenvalue weighted by Gasteiger charge is -2.36. The molecular weight excluding hydrogens is 284 g/mol. The third-order valence-electron chi connectivity index (χ3n) is 4.14. The first-order chi connectivity index (χ1) is 10.1. The van der Waals surface area contributed by atoms with Crippen LogP contribution in [0.3, 0.4) is 0 Å². The van der Waals surface area contributed by atoms with Gasteiger partial charge in [-0.15, -0.1) is 11.3 Å². The molecular formula is C15H20N4OS. The molecule has 0 radical (unpaired) electrons. The predicted molar refractivity (Wildman–Crippen MR) is 86.6 cm³/mol. The summed E-state index contributed by atoms with van der Waals surface area (Å²) >= 11 is 1.44. The lowest BCUT2D eigenvalue weighted by molar-refractivity contribution is 0.0641. The molecule has 1 aliphatic rings. The number of hydrogen-bond acceptors (Lipinski definition) is 5. The van der Waals surface area contributed by atoms with Crippen molar-refractivity contribution in [2.75, 3.05) is 32.9 Å². The van der Waals surface area contributed by atoms with Crippen LogP contribution in [-0.2, 0) is 0 Å².